The summed E-state index contributed by atoms with van der Waals surface area (Å²) in [5, 5.41) is 25.3. The van der Waals surface area contributed by atoms with Gasteiger partial charge in [-0.1, -0.05) is 39.3 Å². The zero-order valence-corrected chi connectivity index (χ0v) is 42.7. The largest absolute Gasteiger partial charge is 0.489 e. The normalized spacial score (nSPS) is 21.2. The third-order valence-corrected chi connectivity index (χ3v) is 16.4. The number of likely N-dealkylation sites (tertiary alicyclic amines) is 1. The lowest BCUT2D eigenvalue weighted by Gasteiger charge is -2.63. The zero-order valence-electron chi connectivity index (χ0n) is 42.0. The van der Waals surface area contributed by atoms with Crippen LogP contribution in [0.25, 0.3) is 11.1 Å². The number of hydrogen-bond acceptors (Lipinski definition) is 11. The van der Waals surface area contributed by atoms with E-state index in [1.807, 2.05) is 11.0 Å². The molecule has 2 N–H and O–H groups in total. The molecule has 16 nitrogen and oxygen atoms in total. The number of nitrogens with zero attached hydrogens (tertiary/aromatic N) is 11. The van der Waals surface area contributed by atoms with Gasteiger partial charge in [-0.05, 0) is 79.8 Å². The average Bonchev–Trinajstić information content (AvgIpc) is 4.00. The molecule has 3 amide bonds. The quantitative estimate of drug-likeness (QED) is 0.130. The van der Waals surface area contributed by atoms with Gasteiger partial charge in [0.2, 0.25) is 5.95 Å². The van der Waals surface area contributed by atoms with Crippen LogP contribution in [0.1, 0.15) is 111 Å². The lowest BCUT2D eigenvalue weighted by Crippen LogP contribution is -2.74. The summed E-state index contributed by atoms with van der Waals surface area (Å²) in [5.41, 5.74) is 5.05. The number of alkyl halides is 2. The number of aryl methyl sites for hydroxylation is 2. The number of halogens is 3. The van der Waals surface area contributed by atoms with Crippen LogP contribution in [0, 0.1) is 28.1 Å². The van der Waals surface area contributed by atoms with E-state index in [0.717, 1.165) is 99.6 Å². The van der Waals surface area contributed by atoms with E-state index in [1.165, 1.54) is 0 Å². The molecule has 10 rings (SSSR count). The highest BCUT2D eigenvalue weighted by atomic mass is 35.5. The Morgan fingerprint density at radius 2 is 1.69 bits per heavy atom. The Hall–Kier alpha value is -6.32. The van der Waals surface area contributed by atoms with E-state index >= 15 is 0 Å². The van der Waals surface area contributed by atoms with Crippen molar-refractivity contribution < 1.29 is 23.1 Å². The molecule has 3 fully saturated rings. The molecule has 3 aromatic heterocycles. The summed E-state index contributed by atoms with van der Waals surface area (Å²) in [7, 11) is 3.43. The number of carbonyl (C=O) groups is 2. The molecule has 1 saturated carbocycles. The molecule has 2 saturated heterocycles. The molecule has 72 heavy (non-hydrogen) atoms. The number of carbonyl (C=O) groups excluding carboxylic acids is 2. The monoisotopic (exact) mass is 1000 g/mol. The van der Waals surface area contributed by atoms with Gasteiger partial charge < -0.3 is 35.0 Å². The fraction of sp³-hybridized carbons (Fsp3) is 0.528. The van der Waals surface area contributed by atoms with Crippen LogP contribution >= 0.6 is 11.6 Å². The van der Waals surface area contributed by atoms with Gasteiger partial charge in [-0.3, -0.25) is 14.2 Å². The van der Waals surface area contributed by atoms with E-state index in [1.54, 1.807) is 67.8 Å². The Morgan fingerprint density at radius 3 is 2.35 bits per heavy atom. The maximum atomic E-state index is 14.8. The molecular formula is C53H64ClF2N13O3. The molecule has 1 aliphatic carbocycles. The lowest BCUT2D eigenvalue weighted by molar-refractivity contribution is -0.164. The molecule has 2 aromatic carbocycles. The maximum Gasteiger partial charge on any atom is 0.317 e. The molecule has 4 aliphatic heterocycles. The second-order valence-corrected chi connectivity index (χ2v) is 21.9. The summed E-state index contributed by atoms with van der Waals surface area (Å²) in [6, 6.07) is 10.6. The summed E-state index contributed by atoms with van der Waals surface area (Å²) in [6.07, 6.45) is 9.97. The van der Waals surface area contributed by atoms with Crippen molar-refractivity contribution in [2.24, 2.45) is 23.8 Å². The Bertz CT molecular complexity index is 2860. The first-order chi connectivity index (χ1) is 34.5. The number of nitrogens with one attached hydrogen (secondary N) is 2. The van der Waals surface area contributed by atoms with Crippen LogP contribution in [0.2, 0.25) is 5.02 Å². The van der Waals surface area contributed by atoms with Gasteiger partial charge >= 0.3 is 6.03 Å². The van der Waals surface area contributed by atoms with E-state index in [4.69, 9.17) is 21.4 Å². The van der Waals surface area contributed by atoms with E-state index in [9.17, 15) is 23.6 Å². The van der Waals surface area contributed by atoms with Gasteiger partial charge in [-0.2, -0.15) is 15.5 Å². The topological polar surface area (TPSA) is 166 Å². The van der Waals surface area contributed by atoms with Crippen LogP contribution in [0.4, 0.5) is 31.0 Å². The zero-order chi connectivity index (χ0) is 50.6. The van der Waals surface area contributed by atoms with Crippen LogP contribution in [0.5, 0.6) is 5.75 Å². The number of nitriles is 1. The number of hydrogen-bond donors (Lipinski definition) is 2. The van der Waals surface area contributed by atoms with Crippen LogP contribution in [-0.2, 0) is 26.4 Å². The average molecular weight is 1000 g/mol. The molecule has 7 heterocycles. The van der Waals surface area contributed by atoms with Gasteiger partial charge in [-0.25, -0.2) is 23.5 Å². The number of anilines is 3. The second-order valence-electron chi connectivity index (χ2n) is 21.5. The number of fused-ring (bicyclic) bond motifs is 2. The molecule has 19 heteroatoms. The summed E-state index contributed by atoms with van der Waals surface area (Å²) >= 11 is 6.28. The van der Waals surface area contributed by atoms with Crippen molar-refractivity contribution in [3.63, 3.8) is 0 Å². The minimum atomic E-state index is -2.67. The van der Waals surface area contributed by atoms with Gasteiger partial charge in [0, 0.05) is 136 Å². The van der Waals surface area contributed by atoms with E-state index in [0.29, 0.717) is 70.9 Å². The summed E-state index contributed by atoms with van der Waals surface area (Å²) in [6.45, 7) is 14.5. The first-order valence-corrected chi connectivity index (χ1v) is 25.7. The summed E-state index contributed by atoms with van der Waals surface area (Å²) in [4.78, 5) is 44.6. The van der Waals surface area contributed by atoms with Crippen LogP contribution in [0.3, 0.4) is 0 Å². The number of rotatable bonds is 11. The van der Waals surface area contributed by atoms with E-state index < -0.39 is 17.3 Å². The highest BCUT2D eigenvalue weighted by molar-refractivity contribution is 6.31. The highest BCUT2D eigenvalue weighted by Crippen LogP contribution is 2.56. The number of benzene rings is 2. The fourth-order valence-corrected chi connectivity index (χ4v) is 12.8. The number of aromatic nitrogens is 6. The minimum Gasteiger partial charge on any atom is -0.489 e. The Labute approximate surface area is 424 Å². The molecule has 0 spiro atoms. The third kappa shape index (κ3) is 9.23. The smallest absolute Gasteiger partial charge is 0.317 e. The molecule has 5 aliphatic rings. The van der Waals surface area contributed by atoms with Crippen molar-refractivity contribution in [2.75, 3.05) is 62.7 Å². The minimum absolute atomic E-state index is 0.0229. The number of piperidine rings is 2. The number of amides is 3. The summed E-state index contributed by atoms with van der Waals surface area (Å²) < 4.78 is 39.9. The molecule has 5 aromatic rings. The standard InChI is InChI=1S/C53H64ClF2N13O3/c1-52(2)48(53(3,4)49(52)72-38-10-9-34(25-57)42(54)23-38)62-47(70)35-26-59-50(60-27-35)66-19-11-32(12-20-66)29-65-17-13-37(14-18-65)69-43-15-21-67(51(71)58-5)31-41(43)46(63-69)68-16-7-8-33-22-39(36-28-61-64(6)30-36)40(45(55)56)24-44(33)68/h9-10,22-24,26-28,30,32,37,45,48-49H,7-8,11-21,29,31H2,1-6H3,(H,58,71)(H,62,70). The van der Waals surface area contributed by atoms with Crippen molar-refractivity contribution in [2.45, 2.75) is 104 Å². The van der Waals surface area contributed by atoms with Crippen molar-refractivity contribution in [1.29, 1.82) is 5.26 Å². The van der Waals surface area contributed by atoms with Gasteiger partial charge in [0.25, 0.3) is 12.3 Å². The van der Waals surface area contributed by atoms with Gasteiger partial charge in [0.15, 0.2) is 5.82 Å². The molecule has 0 unspecified atom stereocenters. The second kappa shape index (κ2) is 19.6. The van der Waals surface area contributed by atoms with Crippen molar-refractivity contribution in [3.05, 3.63) is 93.7 Å². The first kappa shape index (κ1) is 49.3. The van der Waals surface area contributed by atoms with Gasteiger partial charge in [0.1, 0.15) is 17.9 Å². The molecule has 0 bridgehead atoms. The molecule has 0 radical (unpaired) electrons. The van der Waals surface area contributed by atoms with Crippen molar-refractivity contribution in [1.82, 2.24) is 50.0 Å². The van der Waals surface area contributed by atoms with Crippen molar-refractivity contribution in [3.8, 4) is 22.9 Å². The third-order valence-electron chi connectivity index (χ3n) is 16.1. The Balaban J connectivity index is 0.750. The van der Waals surface area contributed by atoms with Crippen LogP contribution < -0.4 is 25.2 Å². The predicted octanol–water partition coefficient (Wildman–Crippen LogP) is 8.48. The van der Waals surface area contributed by atoms with Crippen molar-refractivity contribution >= 4 is 41.0 Å². The first-order valence-electron chi connectivity index (χ1n) is 25.3. The maximum absolute atomic E-state index is 14.8. The molecule has 380 valence electrons. The van der Waals surface area contributed by atoms with Crippen LogP contribution in [0.15, 0.2) is 55.1 Å². The predicted molar refractivity (Wildman–Crippen MR) is 271 cm³/mol. The Morgan fingerprint density at radius 1 is 0.958 bits per heavy atom. The SMILES string of the molecule is CNC(=O)N1CCc2c(c(N3CCCc4cc(-c5cnn(C)c5)c(C(F)F)cc43)nn2C2CCN(CC3CCN(c4ncc(C(=O)NC5C(C)(C)C(Oc6ccc(C#N)c(Cl)c6)C5(C)C)cn4)CC3)CC2)C1. The Kier molecular flexibility index (Phi) is 13.4. The number of urea groups is 1. The van der Waals surface area contributed by atoms with E-state index in [-0.39, 0.29) is 35.7 Å². The molecular weight excluding hydrogens is 940 g/mol. The van der Waals surface area contributed by atoms with Gasteiger partial charge in [0.05, 0.1) is 34.9 Å². The van der Waals surface area contributed by atoms with Crippen LogP contribution in [-0.4, -0.2) is 116 Å². The highest BCUT2D eigenvalue weighted by Gasteiger charge is 2.64. The summed E-state index contributed by atoms with van der Waals surface area (Å²) in [5.74, 6) is 2.28. The fourth-order valence-electron chi connectivity index (χ4n) is 12.6. The van der Waals surface area contributed by atoms with E-state index in [2.05, 4.69) is 78.8 Å². The lowest BCUT2D eigenvalue weighted by atomic mass is 9.49. The number of ether oxygens (including phenoxy) is 1. The molecule has 0 atom stereocenters. The van der Waals surface area contributed by atoms with Gasteiger partial charge in [-0.15, -0.1) is 0 Å².